The number of hydrogen-bond donors (Lipinski definition) is 0. The van der Waals surface area contributed by atoms with Crippen molar-refractivity contribution in [2.75, 3.05) is 15.7 Å². The first kappa shape index (κ1) is 18.8. The lowest BCUT2D eigenvalue weighted by atomic mass is 10.1. The molecule has 1 amide bonds. The van der Waals surface area contributed by atoms with Crippen molar-refractivity contribution < 1.29 is 17.9 Å². The summed E-state index contributed by atoms with van der Waals surface area (Å²) < 4.78 is 34.4. The molecular weight excluding hydrogens is 376 g/mol. The first-order chi connectivity index (χ1) is 13.1. The fraction of sp³-hybridized carbons (Fsp3) is 0.381. The van der Waals surface area contributed by atoms with E-state index in [4.69, 9.17) is 4.74 Å². The fourth-order valence-electron chi connectivity index (χ4n) is 4.05. The van der Waals surface area contributed by atoms with Gasteiger partial charge in [-0.2, -0.15) is 0 Å². The largest absolute Gasteiger partial charge is 0.484 e. The van der Waals surface area contributed by atoms with E-state index in [1.165, 1.54) is 11.2 Å². The van der Waals surface area contributed by atoms with Gasteiger partial charge in [0.25, 0.3) is 10.0 Å². The normalized spacial score (nSPS) is 20.4. The van der Waals surface area contributed by atoms with Gasteiger partial charge in [0.05, 0.1) is 22.8 Å². The molecular formula is C21H24N2O4S. The van der Waals surface area contributed by atoms with Crippen molar-refractivity contribution >= 4 is 27.3 Å². The first-order valence-corrected chi connectivity index (χ1v) is 10.8. The quantitative estimate of drug-likeness (QED) is 0.775. The second kappa shape index (κ2) is 6.24. The standard InChI is InChI=1S/C21H24N2O4S/c1-14-11-16-7-5-6-8-18(16)23(14)28(25,26)17-9-10-20-19(12-17)22(15(2)24)13-21(3,4)27-20/h5-10,12,14H,11,13H2,1-4H3. The summed E-state index contributed by atoms with van der Waals surface area (Å²) in [4.78, 5) is 13.9. The summed E-state index contributed by atoms with van der Waals surface area (Å²) in [5.41, 5.74) is 1.69. The molecule has 28 heavy (non-hydrogen) atoms. The molecule has 148 valence electrons. The molecule has 2 aliphatic rings. The van der Waals surface area contributed by atoms with E-state index in [1.54, 1.807) is 23.1 Å². The lowest BCUT2D eigenvalue weighted by Gasteiger charge is -2.39. The van der Waals surface area contributed by atoms with E-state index in [0.717, 1.165) is 5.56 Å². The molecule has 4 rings (SSSR count). The molecule has 0 bridgehead atoms. The number of carbonyl (C=O) groups is 1. The summed E-state index contributed by atoms with van der Waals surface area (Å²) in [6, 6.07) is 12.1. The van der Waals surface area contributed by atoms with Crippen LogP contribution in [0.15, 0.2) is 47.4 Å². The average molecular weight is 401 g/mol. The number of anilines is 2. The molecule has 2 aliphatic heterocycles. The number of amides is 1. The van der Waals surface area contributed by atoms with Crippen molar-refractivity contribution in [3.05, 3.63) is 48.0 Å². The number of nitrogens with zero attached hydrogens (tertiary/aromatic N) is 2. The number of rotatable bonds is 2. The number of carbonyl (C=O) groups excluding carboxylic acids is 1. The van der Waals surface area contributed by atoms with Gasteiger partial charge in [-0.15, -0.1) is 0 Å². The van der Waals surface area contributed by atoms with Crippen LogP contribution in [0, 0.1) is 0 Å². The van der Waals surface area contributed by atoms with Gasteiger partial charge in [0, 0.05) is 13.0 Å². The van der Waals surface area contributed by atoms with Crippen molar-refractivity contribution in [3.63, 3.8) is 0 Å². The van der Waals surface area contributed by atoms with Gasteiger partial charge in [0.2, 0.25) is 5.91 Å². The SMILES string of the molecule is CC(=O)N1CC(C)(C)Oc2ccc(S(=O)(=O)N3c4ccccc4CC3C)cc21. The Morgan fingerprint density at radius 3 is 2.57 bits per heavy atom. The highest BCUT2D eigenvalue weighted by Gasteiger charge is 2.38. The third-order valence-electron chi connectivity index (χ3n) is 5.23. The van der Waals surface area contributed by atoms with E-state index in [1.807, 2.05) is 45.0 Å². The number of fused-ring (bicyclic) bond motifs is 2. The lowest BCUT2D eigenvalue weighted by molar-refractivity contribution is -0.117. The van der Waals surface area contributed by atoms with Crippen molar-refractivity contribution in [1.82, 2.24) is 0 Å². The van der Waals surface area contributed by atoms with Crippen molar-refractivity contribution in [2.45, 2.75) is 50.7 Å². The Morgan fingerprint density at radius 2 is 1.86 bits per heavy atom. The highest BCUT2D eigenvalue weighted by molar-refractivity contribution is 7.92. The van der Waals surface area contributed by atoms with E-state index in [-0.39, 0.29) is 16.8 Å². The van der Waals surface area contributed by atoms with E-state index in [9.17, 15) is 13.2 Å². The molecule has 0 aliphatic carbocycles. The topological polar surface area (TPSA) is 66.9 Å². The molecule has 2 aromatic carbocycles. The van der Waals surface area contributed by atoms with Crippen LogP contribution in [0.3, 0.4) is 0 Å². The molecule has 1 atom stereocenters. The summed E-state index contributed by atoms with van der Waals surface area (Å²) in [6.45, 7) is 7.55. The first-order valence-electron chi connectivity index (χ1n) is 9.34. The monoisotopic (exact) mass is 400 g/mol. The molecule has 0 spiro atoms. The maximum Gasteiger partial charge on any atom is 0.264 e. The van der Waals surface area contributed by atoms with Crippen molar-refractivity contribution in [1.29, 1.82) is 0 Å². The van der Waals surface area contributed by atoms with Crippen LogP contribution >= 0.6 is 0 Å². The van der Waals surface area contributed by atoms with Crippen LogP contribution < -0.4 is 13.9 Å². The number of sulfonamides is 1. The summed E-state index contributed by atoms with van der Waals surface area (Å²) in [5.74, 6) is 0.368. The van der Waals surface area contributed by atoms with E-state index < -0.39 is 15.6 Å². The predicted molar refractivity (Wildman–Crippen MR) is 108 cm³/mol. The molecule has 2 aromatic rings. The van der Waals surface area contributed by atoms with Gasteiger partial charge in [-0.1, -0.05) is 18.2 Å². The van der Waals surface area contributed by atoms with Crippen LogP contribution in [-0.4, -0.2) is 32.5 Å². The van der Waals surface area contributed by atoms with Crippen LogP contribution in [-0.2, 0) is 21.2 Å². The second-order valence-electron chi connectivity index (χ2n) is 8.08. The highest BCUT2D eigenvalue weighted by atomic mass is 32.2. The van der Waals surface area contributed by atoms with Gasteiger partial charge in [-0.3, -0.25) is 9.10 Å². The Hall–Kier alpha value is -2.54. The van der Waals surface area contributed by atoms with Gasteiger partial charge in [-0.05, 0) is 57.0 Å². The van der Waals surface area contributed by atoms with E-state index in [0.29, 0.717) is 30.1 Å². The van der Waals surface area contributed by atoms with E-state index >= 15 is 0 Å². The molecule has 0 saturated carbocycles. The number of para-hydroxylation sites is 1. The minimum Gasteiger partial charge on any atom is -0.484 e. The zero-order chi connectivity index (χ0) is 20.3. The van der Waals surface area contributed by atoms with Crippen LogP contribution in [0.5, 0.6) is 5.75 Å². The molecule has 6 nitrogen and oxygen atoms in total. The van der Waals surface area contributed by atoms with E-state index in [2.05, 4.69) is 0 Å². The molecule has 7 heteroatoms. The third-order valence-corrected chi connectivity index (χ3v) is 7.15. The maximum absolute atomic E-state index is 13.5. The third kappa shape index (κ3) is 2.94. The minimum absolute atomic E-state index is 0.146. The molecule has 0 aromatic heterocycles. The van der Waals surface area contributed by atoms with Gasteiger partial charge < -0.3 is 9.64 Å². The van der Waals surface area contributed by atoms with Crippen LogP contribution in [0.1, 0.15) is 33.3 Å². The second-order valence-corrected chi connectivity index (χ2v) is 9.89. The van der Waals surface area contributed by atoms with Gasteiger partial charge >= 0.3 is 0 Å². The molecule has 1 unspecified atom stereocenters. The molecule has 0 N–H and O–H groups in total. The summed E-state index contributed by atoms with van der Waals surface area (Å²) >= 11 is 0. The van der Waals surface area contributed by atoms with Crippen molar-refractivity contribution in [3.8, 4) is 5.75 Å². The van der Waals surface area contributed by atoms with Crippen LogP contribution in [0.2, 0.25) is 0 Å². The average Bonchev–Trinajstić information content (AvgIpc) is 2.96. The van der Waals surface area contributed by atoms with Crippen LogP contribution in [0.4, 0.5) is 11.4 Å². The molecule has 0 fully saturated rings. The smallest absolute Gasteiger partial charge is 0.264 e. The Morgan fingerprint density at radius 1 is 1.14 bits per heavy atom. The fourth-order valence-corrected chi connectivity index (χ4v) is 5.76. The summed E-state index contributed by atoms with van der Waals surface area (Å²) in [7, 11) is -3.77. The Balaban J connectivity index is 1.81. The number of hydrogen-bond acceptors (Lipinski definition) is 4. The molecule has 0 radical (unpaired) electrons. The lowest BCUT2D eigenvalue weighted by Crippen LogP contribution is -2.48. The number of benzene rings is 2. The predicted octanol–water partition coefficient (Wildman–Crippen LogP) is 3.35. The highest BCUT2D eigenvalue weighted by Crippen LogP contribution is 2.41. The molecule has 0 saturated heterocycles. The zero-order valence-corrected chi connectivity index (χ0v) is 17.3. The Bertz CT molecular complexity index is 1060. The minimum atomic E-state index is -3.77. The van der Waals surface area contributed by atoms with Gasteiger partial charge in [-0.25, -0.2) is 8.42 Å². The Kier molecular flexibility index (Phi) is 4.19. The Labute approximate surface area is 165 Å². The maximum atomic E-state index is 13.5. The number of ether oxygens (including phenoxy) is 1. The molecule has 2 heterocycles. The zero-order valence-electron chi connectivity index (χ0n) is 16.5. The van der Waals surface area contributed by atoms with Gasteiger partial charge in [0.15, 0.2) is 0 Å². The van der Waals surface area contributed by atoms with Crippen molar-refractivity contribution in [2.24, 2.45) is 0 Å². The summed E-state index contributed by atoms with van der Waals surface area (Å²) in [6.07, 6.45) is 0.678. The van der Waals surface area contributed by atoms with Crippen LogP contribution in [0.25, 0.3) is 0 Å². The summed E-state index contributed by atoms with van der Waals surface area (Å²) in [5, 5.41) is 0. The van der Waals surface area contributed by atoms with Gasteiger partial charge in [0.1, 0.15) is 11.4 Å².